The van der Waals surface area contributed by atoms with Crippen molar-refractivity contribution in [3.63, 3.8) is 0 Å². The fourth-order valence-electron chi connectivity index (χ4n) is 2.44. The maximum absolute atomic E-state index is 13.6. The van der Waals surface area contributed by atoms with Crippen molar-refractivity contribution in [2.24, 2.45) is 0 Å². The average molecular weight is 396 g/mol. The molecule has 0 spiro atoms. The van der Waals surface area contributed by atoms with E-state index in [1.165, 1.54) is 16.9 Å². The summed E-state index contributed by atoms with van der Waals surface area (Å²) in [5.74, 6) is 0.151. The predicted octanol–water partition coefficient (Wildman–Crippen LogP) is 4.29. The second kappa shape index (κ2) is 6.52. The van der Waals surface area contributed by atoms with Crippen molar-refractivity contribution in [3.8, 4) is 28.3 Å². The summed E-state index contributed by atoms with van der Waals surface area (Å²) in [6.07, 6.45) is 1.68. The van der Waals surface area contributed by atoms with E-state index in [1.54, 1.807) is 12.3 Å². The molecule has 0 radical (unpaired) electrons. The quantitative estimate of drug-likeness (QED) is 0.519. The van der Waals surface area contributed by atoms with Crippen LogP contribution in [0.1, 0.15) is 0 Å². The molecule has 0 saturated carbocycles. The second-order valence-electron chi connectivity index (χ2n) is 5.29. The molecular weight excluding hydrogens is 385 g/mol. The predicted molar refractivity (Wildman–Crippen MR) is 95.5 cm³/mol. The molecule has 2 aromatic heterocycles. The monoisotopic (exact) mass is 395 g/mol. The van der Waals surface area contributed by atoms with Gasteiger partial charge in [-0.2, -0.15) is 0 Å². The van der Waals surface area contributed by atoms with Crippen molar-refractivity contribution in [3.05, 3.63) is 77.2 Å². The second-order valence-corrected chi connectivity index (χ2v) is 6.15. The first-order valence-electron chi connectivity index (χ1n) is 7.48. The molecule has 0 unspecified atom stereocenters. The van der Waals surface area contributed by atoms with Gasteiger partial charge in [-0.05, 0) is 58.8 Å². The summed E-state index contributed by atoms with van der Waals surface area (Å²) in [7, 11) is 0. The Morgan fingerprint density at radius 1 is 0.960 bits per heavy atom. The molecule has 2 heterocycles. The van der Waals surface area contributed by atoms with Gasteiger partial charge in [0.05, 0.1) is 5.69 Å². The highest BCUT2D eigenvalue weighted by Gasteiger charge is 2.10. The number of hydrogen-bond donors (Lipinski definition) is 0. The molecule has 25 heavy (non-hydrogen) atoms. The van der Waals surface area contributed by atoms with Crippen molar-refractivity contribution in [1.29, 1.82) is 0 Å². The molecule has 7 heteroatoms. The Morgan fingerprint density at radius 3 is 2.72 bits per heavy atom. The van der Waals surface area contributed by atoms with Gasteiger partial charge in [0.1, 0.15) is 11.5 Å². The molecule has 0 aliphatic carbocycles. The lowest BCUT2D eigenvalue weighted by molar-refractivity contribution is 0.628. The van der Waals surface area contributed by atoms with E-state index in [0.717, 1.165) is 21.3 Å². The van der Waals surface area contributed by atoms with Crippen LogP contribution in [0.4, 0.5) is 4.39 Å². The Kier molecular flexibility index (Phi) is 4.07. The molecule has 0 N–H and O–H groups in total. The maximum Gasteiger partial charge on any atom is 0.223 e. The zero-order valence-corrected chi connectivity index (χ0v) is 14.4. The number of pyridine rings is 1. The first kappa shape index (κ1) is 15.6. The highest BCUT2D eigenvalue weighted by Crippen LogP contribution is 2.30. The van der Waals surface area contributed by atoms with Gasteiger partial charge in [-0.25, -0.2) is 4.39 Å². The van der Waals surface area contributed by atoms with Crippen molar-refractivity contribution in [2.75, 3.05) is 0 Å². The molecule has 122 valence electrons. The van der Waals surface area contributed by atoms with Gasteiger partial charge in [0, 0.05) is 10.7 Å². The number of tetrazole rings is 1. The molecule has 0 aliphatic rings. The summed E-state index contributed by atoms with van der Waals surface area (Å²) in [6, 6.07) is 17.6. The van der Waals surface area contributed by atoms with Crippen LogP contribution in [0.25, 0.3) is 28.3 Å². The summed E-state index contributed by atoms with van der Waals surface area (Å²) < 4.78 is 14.4. The standard InChI is InChI=1S/C18H11BrFN5/c19-16-8-7-13(20)11-15(16)12-4-3-5-14(10-12)25-23-18(22-24-25)17-6-1-2-9-21-17/h1-11H. The lowest BCUT2D eigenvalue weighted by Crippen LogP contribution is -1.99. The minimum absolute atomic E-state index is 0.292. The van der Waals surface area contributed by atoms with E-state index in [1.807, 2.05) is 42.5 Å². The number of benzene rings is 2. The Balaban J connectivity index is 1.73. The summed E-state index contributed by atoms with van der Waals surface area (Å²) in [6.45, 7) is 0. The molecule has 5 nitrogen and oxygen atoms in total. The third-order valence-electron chi connectivity index (χ3n) is 3.62. The molecule has 0 aliphatic heterocycles. The van der Waals surface area contributed by atoms with E-state index in [2.05, 4.69) is 36.3 Å². The topological polar surface area (TPSA) is 56.5 Å². The Bertz CT molecular complexity index is 1030. The van der Waals surface area contributed by atoms with Crippen LogP contribution in [0.3, 0.4) is 0 Å². The van der Waals surface area contributed by atoms with E-state index in [4.69, 9.17) is 0 Å². The fraction of sp³-hybridized carbons (Fsp3) is 0. The summed E-state index contributed by atoms with van der Waals surface area (Å²) in [5.41, 5.74) is 2.98. The van der Waals surface area contributed by atoms with Crippen LogP contribution in [0.15, 0.2) is 71.3 Å². The smallest absolute Gasteiger partial charge is 0.223 e. The van der Waals surface area contributed by atoms with Crippen LogP contribution in [0.5, 0.6) is 0 Å². The molecule has 4 aromatic rings. The van der Waals surface area contributed by atoms with Crippen LogP contribution < -0.4 is 0 Å². The van der Waals surface area contributed by atoms with E-state index in [9.17, 15) is 4.39 Å². The number of halogens is 2. The molecule has 0 amide bonds. The van der Waals surface area contributed by atoms with E-state index >= 15 is 0 Å². The Hall–Kier alpha value is -2.93. The van der Waals surface area contributed by atoms with Crippen molar-refractivity contribution in [2.45, 2.75) is 0 Å². The van der Waals surface area contributed by atoms with Crippen LogP contribution in [-0.2, 0) is 0 Å². The highest BCUT2D eigenvalue weighted by molar-refractivity contribution is 9.10. The maximum atomic E-state index is 13.6. The van der Waals surface area contributed by atoms with Crippen molar-refractivity contribution < 1.29 is 4.39 Å². The minimum Gasteiger partial charge on any atom is -0.253 e. The van der Waals surface area contributed by atoms with Crippen molar-refractivity contribution >= 4 is 15.9 Å². The zero-order valence-electron chi connectivity index (χ0n) is 12.8. The normalized spacial score (nSPS) is 10.8. The van der Waals surface area contributed by atoms with Gasteiger partial charge in [0.15, 0.2) is 0 Å². The van der Waals surface area contributed by atoms with E-state index < -0.39 is 0 Å². The van der Waals surface area contributed by atoms with Gasteiger partial charge in [0.25, 0.3) is 0 Å². The number of aromatic nitrogens is 5. The lowest BCUT2D eigenvalue weighted by atomic mass is 10.1. The van der Waals surface area contributed by atoms with Crippen LogP contribution >= 0.6 is 15.9 Å². The Labute approximate surface area is 151 Å². The van der Waals surface area contributed by atoms with Gasteiger partial charge in [-0.1, -0.05) is 34.1 Å². The zero-order chi connectivity index (χ0) is 17.2. The first-order valence-corrected chi connectivity index (χ1v) is 8.27. The van der Waals surface area contributed by atoms with E-state index in [0.29, 0.717) is 11.5 Å². The number of hydrogen-bond acceptors (Lipinski definition) is 4. The SMILES string of the molecule is Fc1ccc(Br)c(-c2cccc(-n3nnc(-c4ccccn4)n3)c2)c1. The number of rotatable bonds is 3. The largest absolute Gasteiger partial charge is 0.253 e. The fourth-order valence-corrected chi connectivity index (χ4v) is 2.91. The molecule has 0 fully saturated rings. The molecular formula is C18H11BrFN5. The minimum atomic E-state index is -0.292. The third-order valence-corrected chi connectivity index (χ3v) is 4.32. The van der Waals surface area contributed by atoms with Gasteiger partial charge < -0.3 is 0 Å². The highest BCUT2D eigenvalue weighted by atomic mass is 79.9. The van der Waals surface area contributed by atoms with Gasteiger partial charge in [0.2, 0.25) is 5.82 Å². The van der Waals surface area contributed by atoms with E-state index in [-0.39, 0.29) is 5.82 Å². The van der Waals surface area contributed by atoms with Gasteiger partial charge in [-0.15, -0.1) is 15.0 Å². The average Bonchev–Trinajstić information content (AvgIpc) is 3.15. The summed E-state index contributed by atoms with van der Waals surface area (Å²) in [4.78, 5) is 5.65. The summed E-state index contributed by atoms with van der Waals surface area (Å²) in [5, 5.41) is 12.5. The molecule has 2 aromatic carbocycles. The third kappa shape index (κ3) is 3.18. The van der Waals surface area contributed by atoms with Crippen LogP contribution in [0.2, 0.25) is 0 Å². The van der Waals surface area contributed by atoms with Crippen LogP contribution in [0, 0.1) is 5.82 Å². The first-order chi connectivity index (χ1) is 12.2. The number of nitrogens with zero attached hydrogens (tertiary/aromatic N) is 5. The molecule has 4 rings (SSSR count). The van der Waals surface area contributed by atoms with Gasteiger partial charge in [-0.3, -0.25) is 4.98 Å². The molecule has 0 atom stereocenters. The van der Waals surface area contributed by atoms with Gasteiger partial charge >= 0.3 is 0 Å². The molecule has 0 bridgehead atoms. The Morgan fingerprint density at radius 2 is 1.88 bits per heavy atom. The summed E-state index contributed by atoms with van der Waals surface area (Å²) >= 11 is 3.46. The van der Waals surface area contributed by atoms with Crippen molar-refractivity contribution in [1.82, 2.24) is 25.2 Å². The van der Waals surface area contributed by atoms with Crippen LogP contribution in [-0.4, -0.2) is 25.2 Å². The lowest BCUT2D eigenvalue weighted by Gasteiger charge is -2.07. The molecule has 0 saturated heterocycles.